The Morgan fingerprint density at radius 3 is 1.71 bits per heavy atom. The van der Waals surface area contributed by atoms with E-state index < -0.39 is 5.82 Å². The Balaban J connectivity index is 0.000000156. The van der Waals surface area contributed by atoms with Gasteiger partial charge in [-0.05, 0) is 143 Å². The van der Waals surface area contributed by atoms with Crippen molar-refractivity contribution in [1.82, 2.24) is 54.3 Å². The summed E-state index contributed by atoms with van der Waals surface area (Å²) in [6, 6.07) is 20.5. The average molecular weight is 1100 g/mol. The number of hydrogen-bond acceptors (Lipinski definition) is 11. The molecule has 0 spiro atoms. The molecule has 12 rings (SSSR count). The molecular weight excluding hydrogens is 1060 g/mol. The Labute approximate surface area is 420 Å². The zero-order valence-corrected chi connectivity index (χ0v) is 41.3. The lowest BCUT2D eigenvalue weighted by atomic mass is 10.0. The van der Waals surface area contributed by atoms with E-state index in [1.165, 1.54) is 24.3 Å². The van der Waals surface area contributed by atoms with Gasteiger partial charge >= 0.3 is 0 Å². The third-order valence-electron chi connectivity index (χ3n) is 12.3. The number of benzene rings is 2. The number of rotatable bonds is 7. The van der Waals surface area contributed by atoms with E-state index in [2.05, 4.69) is 56.8 Å². The molecule has 0 aliphatic carbocycles. The van der Waals surface area contributed by atoms with Crippen molar-refractivity contribution in [2.24, 2.45) is 0 Å². The number of fused-ring (bicyclic) bond motifs is 3. The maximum atomic E-state index is 15.0. The van der Waals surface area contributed by atoms with Crippen LogP contribution in [-0.4, -0.2) is 74.0 Å². The fraction of sp³-hybridized carbons (Fsp3) is 0.265. The van der Waals surface area contributed by atoms with Gasteiger partial charge in [-0.3, -0.25) is 9.97 Å². The summed E-state index contributed by atoms with van der Waals surface area (Å²) in [5.74, 6) is 0.103. The van der Waals surface area contributed by atoms with Crippen LogP contribution in [0, 0.1) is 11.6 Å². The molecule has 10 heterocycles. The van der Waals surface area contributed by atoms with Crippen LogP contribution < -0.4 is 4.90 Å². The van der Waals surface area contributed by atoms with Gasteiger partial charge in [0.15, 0.2) is 0 Å². The van der Waals surface area contributed by atoms with Gasteiger partial charge in [0, 0.05) is 75.1 Å². The molecule has 350 valence electrons. The quantitative estimate of drug-likeness (QED) is 0.151. The van der Waals surface area contributed by atoms with E-state index in [9.17, 15) is 4.39 Å². The summed E-state index contributed by atoms with van der Waals surface area (Å²) in [6.07, 6.45) is 12.9. The SMILES string of the molecule is Fc1ccc(Cl)cc1-c1nn(C2CCCCO2)cc1-c1ccc2ncc(Br)cc2n1.Fc1ccc(Cl)cc1-c1nn(C2CCCCO2)cc1-c1ccc2ncc(N3CCn4nc(Br)nc4C3)cc2n1. The highest BCUT2D eigenvalue weighted by Crippen LogP contribution is 2.38. The largest absolute Gasteiger partial charge is 0.361 e. The molecule has 2 aromatic carbocycles. The Kier molecular flexibility index (Phi) is 12.9. The third-order valence-corrected chi connectivity index (χ3v) is 13.6. The van der Waals surface area contributed by atoms with Gasteiger partial charge in [0.1, 0.15) is 41.3 Å². The number of ether oxygens (including phenoxy) is 2. The number of pyridine rings is 4. The van der Waals surface area contributed by atoms with Gasteiger partial charge < -0.3 is 14.4 Å². The predicted octanol–water partition coefficient (Wildman–Crippen LogP) is 12.4. The maximum Gasteiger partial charge on any atom is 0.217 e. The van der Waals surface area contributed by atoms with E-state index in [1.807, 2.05) is 59.7 Å². The minimum Gasteiger partial charge on any atom is -0.361 e. The van der Waals surface area contributed by atoms with Crippen molar-refractivity contribution in [2.45, 2.75) is 64.1 Å². The smallest absolute Gasteiger partial charge is 0.217 e. The number of halogens is 6. The summed E-state index contributed by atoms with van der Waals surface area (Å²) in [5.41, 5.74) is 8.35. The van der Waals surface area contributed by atoms with Gasteiger partial charge in [-0.15, -0.1) is 5.10 Å². The lowest BCUT2D eigenvalue weighted by molar-refractivity contribution is -0.0394. The summed E-state index contributed by atoms with van der Waals surface area (Å²) in [7, 11) is 0. The highest BCUT2D eigenvalue weighted by molar-refractivity contribution is 9.10. The Bertz CT molecular complexity index is 3380. The Hall–Kier alpha value is -5.76. The molecule has 0 radical (unpaired) electrons. The Morgan fingerprint density at radius 2 is 1.14 bits per heavy atom. The molecule has 2 saturated heterocycles. The minimum absolute atomic E-state index is 0.176. The van der Waals surface area contributed by atoms with Crippen LogP contribution in [0.2, 0.25) is 10.0 Å². The monoisotopic (exact) mass is 1090 g/mol. The number of aromatic nitrogens is 11. The van der Waals surface area contributed by atoms with Crippen LogP contribution in [0.15, 0.2) is 107 Å². The van der Waals surface area contributed by atoms with E-state index in [0.29, 0.717) is 79.6 Å². The molecule has 0 amide bonds. The van der Waals surface area contributed by atoms with Gasteiger partial charge in [0.25, 0.3) is 0 Å². The predicted molar refractivity (Wildman–Crippen MR) is 266 cm³/mol. The fourth-order valence-electron chi connectivity index (χ4n) is 8.85. The molecule has 3 aliphatic heterocycles. The first-order valence-corrected chi connectivity index (χ1v) is 24.8. The van der Waals surface area contributed by atoms with Crippen LogP contribution in [0.1, 0.15) is 56.8 Å². The van der Waals surface area contributed by atoms with E-state index in [4.69, 9.17) is 52.8 Å². The molecule has 0 bridgehead atoms. The second kappa shape index (κ2) is 19.6. The number of anilines is 1. The van der Waals surface area contributed by atoms with Crippen molar-refractivity contribution >= 4 is 82.8 Å². The van der Waals surface area contributed by atoms with Crippen LogP contribution in [0.25, 0.3) is 67.1 Å². The lowest BCUT2D eigenvalue weighted by Gasteiger charge is -2.28. The molecule has 0 saturated carbocycles. The highest BCUT2D eigenvalue weighted by Gasteiger charge is 2.26. The molecule has 20 heteroatoms. The minimum atomic E-state index is -0.398. The molecule has 2 unspecified atom stereocenters. The zero-order chi connectivity index (χ0) is 47.2. The summed E-state index contributed by atoms with van der Waals surface area (Å²) in [4.78, 5) is 25.4. The van der Waals surface area contributed by atoms with Gasteiger partial charge in [-0.1, -0.05) is 23.2 Å². The van der Waals surface area contributed by atoms with Gasteiger partial charge in [-0.2, -0.15) is 10.2 Å². The van der Waals surface area contributed by atoms with E-state index in [0.717, 1.165) is 89.7 Å². The lowest BCUT2D eigenvalue weighted by Crippen LogP contribution is -2.34. The molecule has 14 nitrogen and oxygen atoms in total. The maximum absolute atomic E-state index is 15.0. The van der Waals surface area contributed by atoms with Crippen molar-refractivity contribution in [3.8, 4) is 45.0 Å². The molecule has 2 atom stereocenters. The van der Waals surface area contributed by atoms with Gasteiger partial charge in [-0.25, -0.2) is 37.8 Å². The first-order valence-electron chi connectivity index (χ1n) is 22.5. The molecule has 7 aromatic heterocycles. The van der Waals surface area contributed by atoms with Crippen molar-refractivity contribution in [3.05, 3.63) is 134 Å². The molecule has 0 N–H and O–H groups in total. The summed E-state index contributed by atoms with van der Waals surface area (Å²) < 4.78 is 48.5. The van der Waals surface area contributed by atoms with Crippen molar-refractivity contribution in [3.63, 3.8) is 0 Å². The van der Waals surface area contributed by atoms with Gasteiger partial charge in [0.05, 0.1) is 58.4 Å². The number of nitrogens with zero attached hydrogens (tertiary/aromatic N) is 12. The molecule has 9 aromatic rings. The average Bonchev–Trinajstić information content (AvgIpc) is 4.12. The van der Waals surface area contributed by atoms with Gasteiger partial charge in [0.2, 0.25) is 4.73 Å². The van der Waals surface area contributed by atoms with Crippen LogP contribution in [0.5, 0.6) is 0 Å². The standard InChI is InChI=1S/C27H23BrClFN8O.C22H17BrClFN4O/c28-27-33-24-15-36(8-9-37(24)35-27)17-12-23-22(31-13-17)7-6-21(32-23)19-14-38(25-3-1-2-10-39-25)34-26(19)18-11-16(29)4-5-20(18)30;23-13-9-20-19(26-11-13)7-6-18(27-20)16-12-29(21-3-1-2-8-30-21)28-22(16)15-10-14(24)4-5-17(15)25/h4-7,11-14,25H,1-3,8-10,15H2;4-7,9-12,21H,1-3,8H2. The molecule has 69 heavy (non-hydrogen) atoms. The summed E-state index contributed by atoms with van der Waals surface area (Å²) in [5, 5.41) is 14.7. The number of hydrogen-bond donors (Lipinski definition) is 0. The molecule has 3 aliphatic rings. The van der Waals surface area contributed by atoms with Crippen molar-refractivity contribution in [2.75, 3.05) is 24.7 Å². The van der Waals surface area contributed by atoms with Crippen LogP contribution >= 0.6 is 55.1 Å². The second-order valence-corrected chi connectivity index (χ2v) is 19.4. The first kappa shape index (κ1) is 45.7. The molecular formula is C49H40Br2Cl2F2N12O2. The van der Waals surface area contributed by atoms with Crippen molar-refractivity contribution < 1.29 is 18.3 Å². The second-order valence-electron chi connectivity index (χ2n) is 16.9. The van der Waals surface area contributed by atoms with Crippen molar-refractivity contribution in [1.29, 1.82) is 0 Å². The normalized spacial score (nSPS) is 17.2. The Morgan fingerprint density at radius 1 is 0.580 bits per heavy atom. The first-order chi connectivity index (χ1) is 33.6. The van der Waals surface area contributed by atoms with Crippen LogP contribution in [0.4, 0.5) is 14.5 Å². The van der Waals surface area contributed by atoms with E-state index in [-0.39, 0.29) is 18.3 Å². The topological polar surface area (TPSA) is 140 Å². The van der Waals surface area contributed by atoms with E-state index >= 15 is 4.39 Å². The van der Waals surface area contributed by atoms with Crippen LogP contribution in [0.3, 0.4) is 0 Å². The molecule has 2 fully saturated rings. The fourth-order valence-corrected chi connectivity index (χ4v) is 9.91. The third kappa shape index (κ3) is 9.62. The zero-order valence-electron chi connectivity index (χ0n) is 36.6. The van der Waals surface area contributed by atoms with E-state index in [1.54, 1.807) is 27.7 Å². The van der Waals surface area contributed by atoms with Crippen LogP contribution in [-0.2, 0) is 22.6 Å². The summed E-state index contributed by atoms with van der Waals surface area (Å²) >= 11 is 19.2. The highest BCUT2D eigenvalue weighted by atomic mass is 79.9. The summed E-state index contributed by atoms with van der Waals surface area (Å²) in [6.45, 7) is 3.50.